The fourth-order valence-electron chi connectivity index (χ4n) is 2.41. The molecule has 1 N–H and O–H groups in total. The van der Waals surface area contributed by atoms with E-state index in [4.69, 9.17) is 0 Å². The molecule has 1 aliphatic carbocycles. The molecule has 84 valence electrons. The average molecular weight is 215 g/mol. The van der Waals surface area contributed by atoms with Crippen LogP contribution in [-0.4, -0.2) is 24.1 Å². The number of nitrogens with one attached hydrogen (secondary N) is 1. The SMILES string of the molecule is CCNC(CSCC)CC1CCCC1. The second-order valence-electron chi connectivity index (χ2n) is 4.30. The van der Waals surface area contributed by atoms with Crippen LogP contribution in [0, 0.1) is 5.92 Å². The molecule has 0 aliphatic heterocycles. The van der Waals surface area contributed by atoms with Gasteiger partial charge in [-0.05, 0) is 24.6 Å². The van der Waals surface area contributed by atoms with E-state index in [-0.39, 0.29) is 0 Å². The van der Waals surface area contributed by atoms with E-state index in [2.05, 4.69) is 30.9 Å². The van der Waals surface area contributed by atoms with E-state index < -0.39 is 0 Å². The fraction of sp³-hybridized carbons (Fsp3) is 1.00. The van der Waals surface area contributed by atoms with Gasteiger partial charge in [0.05, 0.1) is 0 Å². The van der Waals surface area contributed by atoms with E-state index in [9.17, 15) is 0 Å². The highest BCUT2D eigenvalue weighted by atomic mass is 32.2. The van der Waals surface area contributed by atoms with Gasteiger partial charge in [-0.2, -0.15) is 11.8 Å². The summed E-state index contributed by atoms with van der Waals surface area (Å²) in [5.41, 5.74) is 0. The second kappa shape index (κ2) is 7.58. The van der Waals surface area contributed by atoms with Crippen molar-refractivity contribution in [3.63, 3.8) is 0 Å². The molecule has 1 fully saturated rings. The van der Waals surface area contributed by atoms with E-state index in [1.807, 2.05) is 0 Å². The van der Waals surface area contributed by atoms with Crippen LogP contribution >= 0.6 is 11.8 Å². The Bertz CT molecular complexity index is 132. The molecular weight excluding hydrogens is 190 g/mol. The summed E-state index contributed by atoms with van der Waals surface area (Å²) in [5, 5.41) is 3.62. The van der Waals surface area contributed by atoms with Gasteiger partial charge in [0.15, 0.2) is 0 Å². The van der Waals surface area contributed by atoms with Gasteiger partial charge < -0.3 is 5.32 Å². The molecule has 0 heterocycles. The molecule has 0 saturated heterocycles. The van der Waals surface area contributed by atoms with Crippen LogP contribution in [0.2, 0.25) is 0 Å². The van der Waals surface area contributed by atoms with Crippen molar-refractivity contribution in [1.29, 1.82) is 0 Å². The van der Waals surface area contributed by atoms with Crippen LogP contribution < -0.4 is 5.32 Å². The molecule has 0 aromatic heterocycles. The lowest BCUT2D eigenvalue weighted by Gasteiger charge is -2.20. The van der Waals surface area contributed by atoms with Crippen molar-refractivity contribution in [2.45, 2.75) is 52.0 Å². The van der Waals surface area contributed by atoms with Crippen LogP contribution in [0.5, 0.6) is 0 Å². The molecule has 1 nitrogen and oxygen atoms in total. The smallest absolute Gasteiger partial charge is 0.0160 e. The van der Waals surface area contributed by atoms with E-state index in [0.29, 0.717) is 0 Å². The number of rotatable bonds is 7. The predicted octanol–water partition coefficient (Wildman–Crippen LogP) is 3.30. The molecule has 1 saturated carbocycles. The minimum atomic E-state index is 0.771. The van der Waals surface area contributed by atoms with Crippen LogP contribution in [0.15, 0.2) is 0 Å². The van der Waals surface area contributed by atoms with Crippen molar-refractivity contribution >= 4 is 11.8 Å². The van der Waals surface area contributed by atoms with Gasteiger partial charge in [0.25, 0.3) is 0 Å². The maximum atomic E-state index is 3.62. The van der Waals surface area contributed by atoms with Crippen LogP contribution in [0.1, 0.15) is 46.0 Å². The van der Waals surface area contributed by atoms with Crippen molar-refractivity contribution in [1.82, 2.24) is 5.32 Å². The third-order valence-corrected chi connectivity index (χ3v) is 4.15. The van der Waals surface area contributed by atoms with Gasteiger partial charge in [-0.3, -0.25) is 0 Å². The van der Waals surface area contributed by atoms with Crippen molar-refractivity contribution in [2.24, 2.45) is 5.92 Å². The normalized spacial score (nSPS) is 20.1. The molecule has 0 spiro atoms. The van der Waals surface area contributed by atoms with Crippen LogP contribution in [0.4, 0.5) is 0 Å². The van der Waals surface area contributed by atoms with E-state index in [0.717, 1.165) is 18.5 Å². The number of hydrogen-bond acceptors (Lipinski definition) is 2. The third-order valence-electron chi connectivity index (χ3n) is 3.11. The average Bonchev–Trinajstić information content (AvgIpc) is 2.67. The minimum Gasteiger partial charge on any atom is -0.313 e. The molecule has 1 unspecified atom stereocenters. The summed E-state index contributed by atoms with van der Waals surface area (Å²) >= 11 is 2.08. The summed E-state index contributed by atoms with van der Waals surface area (Å²) in [6, 6.07) is 0.771. The Morgan fingerprint density at radius 1 is 1.29 bits per heavy atom. The topological polar surface area (TPSA) is 12.0 Å². The van der Waals surface area contributed by atoms with Gasteiger partial charge in [0.1, 0.15) is 0 Å². The predicted molar refractivity (Wildman–Crippen MR) is 67.0 cm³/mol. The largest absolute Gasteiger partial charge is 0.313 e. The first-order valence-corrected chi connectivity index (χ1v) is 7.33. The lowest BCUT2D eigenvalue weighted by Crippen LogP contribution is -2.33. The monoisotopic (exact) mass is 215 g/mol. The van der Waals surface area contributed by atoms with Crippen molar-refractivity contribution in [3.05, 3.63) is 0 Å². The molecule has 1 rings (SSSR count). The molecule has 0 bridgehead atoms. The molecule has 2 heteroatoms. The Kier molecular flexibility index (Phi) is 6.70. The van der Waals surface area contributed by atoms with Gasteiger partial charge in [0, 0.05) is 11.8 Å². The van der Waals surface area contributed by atoms with Crippen LogP contribution in [0.25, 0.3) is 0 Å². The molecule has 1 aliphatic rings. The summed E-state index contributed by atoms with van der Waals surface area (Å²) in [7, 11) is 0. The summed E-state index contributed by atoms with van der Waals surface area (Å²) in [4.78, 5) is 0. The van der Waals surface area contributed by atoms with Crippen LogP contribution in [0.3, 0.4) is 0 Å². The maximum Gasteiger partial charge on any atom is 0.0160 e. The van der Waals surface area contributed by atoms with Gasteiger partial charge in [-0.15, -0.1) is 0 Å². The quantitative estimate of drug-likeness (QED) is 0.699. The van der Waals surface area contributed by atoms with Gasteiger partial charge in [0.2, 0.25) is 0 Å². The van der Waals surface area contributed by atoms with Crippen molar-refractivity contribution < 1.29 is 0 Å². The Morgan fingerprint density at radius 3 is 2.57 bits per heavy atom. The molecule has 1 atom stereocenters. The lowest BCUT2D eigenvalue weighted by molar-refractivity contribution is 0.415. The molecule has 0 aromatic rings. The van der Waals surface area contributed by atoms with Crippen molar-refractivity contribution in [2.75, 3.05) is 18.1 Å². The number of hydrogen-bond donors (Lipinski definition) is 1. The van der Waals surface area contributed by atoms with Gasteiger partial charge in [-0.1, -0.05) is 39.5 Å². The first kappa shape index (κ1) is 12.4. The fourth-order valence-corrected chi connectivity index (χ4v) is 3.18. The summed E-state index contributed by atoms with van der Waals surface area (Å²) in [6.45, 7) is 5.60. The number of thioether (sulfide) groups is 1. The standard InChI is InChI=1S/C12H25NS/c1-3-13-12(10-14-4-2)9-11-7-5-6-8-11/h11-13H,3-10H2,1-2H3. The van der Waals surface area contributed by atoms with Crippen LogP contribution in [-0.2, 0) is 0 Å². The Labute approximate surface area is 93.4 Å². The third kappa shape index (κ3) is 4.70. The summed E-state index contributed by atoms with van der Waals surface area (Å²) < 4.78 is 0. The van der Waals surface area contributed by atoms with Gasteiger partial charge in [-0.25, -0.2) is 0 Å². The zero-order valence-electron chi connectivity index (χ0n) is 9.72. The first-order valence-electron chi connectivity index (χ1n) is 6.18. The second-order valence-corrected chi connectivity index (χ2v) is 5.62. The van der Waals surface area contributed by atoms with Gasteiger partial charge >= 0.3 is 0 Å². The van der Waals surface area contributed by atoms with E-state index >= 15 is 0 Å². The Hall–Kier alpha value is 0.310. The Balaban J connectivity index is 2.18. The molecule has 0 aromatic carbocycles. The minimum absolute atomic E-state index is 0.771. The molecule has 0 amide bonds. The molecular formula is C12H25NS. The summed E-state index contributed by atoms with van der Waals surface area (Å²) in [6.07, 6.45) is 7.34. The van der Waals surface area contributed by atoms with E-state index in [1.54, 1.807) is 0 Å². The van der Waals surface area contributed by atoms with Crippen molar-refractivity contribution in [3.8, 4) is 0 Å². The highest BCUT2D eigenvalue weighted by Crippen LogP contribution is 2.29. The van der Waals surface area contributed by atoms with E-state index in [1.165, 1.54) is 43.6 Å². The highest BCUT2D eigenvalue weighted by molar-refractivity contribution is 7.99. The lowest BCUT2D eigenvalue weighted by atomic mass is 9.99. The molecule has 14 heavy (non-hydrogen) atoms. The zero-order valence-corrected chi connectivity index (χ0v) is 10.5. The molecule has 0 radical (unpaired) electrons. The highest BCUT2D eigenvalue weighted by Gasteiger charge is 2.19. The summed E-state index contributed by atoms with van der Waals surface area (Å²) in [5.74, 6) is 3.59. The zero-order chi connectivity index (χ0) is 10.2. The maximum absolute atomic E-state index is 3.62. The first-order chi connectivity index (χ1) is 6.86. The Morgan fingerprint density at radius 2 is 2.00 bits per heavy atom.